The van der Waals surface area contributed by atoms with Crippen molar-refractivity contribution in [2.45, 2.75) is 6.10 Å². The quantitative estimate of drug-likeness (QED) is 0.393. The topological polar surface area (TPSA) is 89.3 Å². The maximum atomic E-state index is 10.3. The van der Waals surface area contributed by atoms with Crippen LogP contribution in [0.1, 0.15) is 0 Å². The number of hydrogen-bond acceptors (Lipinski definition) is 4. The molecule has 4 heteroatoms. The predicted molar refractivity (Wildman–Crippen MR) is 29.1 cm³/mol. The van der Waals surface area contributed by atoms with Crippen molar-refractivity contribution >= 4 is 5.78 Å². The van der Waals surface area contributed by atoms with Crippen LogP contribution in [0.2, 0.25) is 0 Å². The first kappa shape index (κ1) is 7.55. The number of rotatable bonds is 3. The van der Waals surface area contributed by atoms with E-state index in [4.69, 9.17) is 16.6 Å². The minimum Gasteiger partial charge on any atom is -0.384 e. The second-order valence-electron chi connectivity index (χ2n) is 1.42. The zero-order chi connectivity index (χ0) is 6.57. The van der Waals surface area contributed by atoms with E-state index in [-0.39, 0.29) is 13.1 Å². The highest BCUT2D eigenvalue weighted by Gasteiger charge is 2.08. The first-order valence-electron chi connectivity index (χ1n) is 2.33. The van der Waals surface area contributed by atoms with Gasteiger partial charge in [-0.3, -0.25) is 4.79 Å². The summed E-state index contributed by atoms with van der Waals surface area (Å²) in [5, 5.41) is 8.57. The molecule has 0 aromatic rings. The normalized spacial score (nSPS) is 13.4. The van der Waals surface area contributed by atoms with E-state index in [9.17, 15) is 4.79 Å². The van der Waals surface area contributed by atoms with Crippen LogP contribution in [0, 0.1) is 0 Å². The van der Waals surface area contributed by atoms with Gasteiger partial charge in [0, 0.05) is 6.54 Å². The van der Waals surface area contributed by atoms with Gasteiger partial charge in [-0.25, -0.2) is 0 Å². The molecule has 8 heavy (non-hydrogen) atoms. The summed E-state index contributed by atoms with van der Waals surface area (Å²) in [6.07, 6.45) is -1.07. The zero-order valence-electron chi connectivity index (χ0n) is 4.50. The fourth-order valence-electron chi connectivity index (χ4n) is 0.267. The van der Waals surface area contributed by atoms with E-state index in [0.29, 0.717) is 0 Å². The summed E-state index contributed by atoms with van der Waals surface area (Å²) in [7, 11) is 0. The highest BCUT2D eigenvalue weighted by atomic mass is 16.3. The average Bonchev–Trinajstić information content (AvgIpc) is 1.84. The Morgan fingerprint density at radius 2 is 2.12 bits per heavy atom. The van der Waals surface area contributed by atoms with Gasteiger partial charge in [-0.1, -0.05) is 0 Å². The van der Waals surface area contributed by atoms with Crippen molar-refractivity contribution in [3.63, 3.8) is 0 Å². The summed E-state index contributed by atoms with van der Waals surface area (Å²) in [4.78, 5) is 10.3. The second-order valence-corrected chi connectivity index (χ2v) is 1.42. The molecular weight excluding hydrogens is 108 g/mol. The van der Waals surface area contributed by atoms with Crippen LogP contribution >= 0.6 is 0 Å². The lowest BCUT2D eigenvalue weighted by Gasteiger charge is -2.01. The average molecular weight is 118 g/mol. The van der Waals surface area contributed by atoms with Gasteiger partial charge in [0.2, 0.25) is 0 Å². The van der Waals surface area contributed by atoms with Gasteiger partial charge >= 0.3 is 0 Å². The summed E-state index contributed by atoms with van der Waals surface area (Å²) >= 11 is 0. The Labute approximate surface area is 47.5 Å². The first-order chi connectivity index (χ1) is 3.72. The van der Waals surface area contributed by atoms with Gasteiger partial charge in [-0.2, -0.15) is 0 Å². The number of hydrogen-bond donors (Lipinski definition) is 3. The summed E-state index contributed by atoms with van der Waals surface area (Å²) in [6, 6.07) is 0. The lowest BCUT2D eigenvalue weighted by atomic mass is 10.2. The molecule has 0 saturated heterocycles. The third-order valence-corrected chi connectivity index (χ3v) is 0.796. The van der Waals surface area contributed by atoms with Crippen LogP contribution < -0.4 is 11.5 Å². The fraction of sp³-hybridized carbons (Fsp3) is 0.750. The maximum Gasteiger partial charge on any atom is 0.176 e. The molecule has 4 nitrogen and oxygen atoms in total. The molecule has 0 amide bonds. The Morgan fingerprint density at radius 1 is 1.62 bits per heavy atom. The lowest BCUT2D eigenvalue weighted by molar-refractivity contribution is -0.125. The molecule has 0 spiro atoms. The van der Waals surface area contributed by atoms with Gasteiger partial charge in [0.25, 0.3) is 0 Å². The molecule has 0 aromatic carbocycles. The third kappa shape index (κ3) is 2.02. The van der Waals surface area contributed by atoms with Crippen LogP contribution in [-0.4, -0.2) is 30.1 Å². The molecule has 0 radical (unpaired) electrons. The van der Waals surface area contributed by atoms with Crippen molar-refractivity contribution < 1.29 is 9.90 Å². The molecule has 0 aromatic heterocycles. The largest absolute Gasteiger partial charge is 0.384 e. The molecule has 0 aliphatic carbocycles. The fourth-order valence-corrected chi connectivity index (χ4v) is 0.267. The molecule has 0 fully saturated rings. The maximum absolute atomic E-state index is 10.3. The molecule has 0 rings (SSSR count). The van der Waals surface area contributed by atoms with Crippen LogP contribution in [0.5, 0.6) is 0 Å². The van der Waals surface area contributed by atoms with Crippen LogP contribution in [0.25, 0.3) is 0 Å². The van der Waals surface area contributed by atoms with E-state index in [1.165, 1.54) is 0 Å². The highest BCUT2D eigenvalue weighted by Crippen LogP contribution is 1.77. The molecule has 1 atom stereocenters. The highest BCUT2D eigenvalue weighted by molar-refractivity contribution is 5.84. The molecule has 48 valence electrons. The van der Waals surface area contributed by atoms with Crippen molar-refractivity contribution in [2.24, 2.45) is 11.5 Å². The number of aliphatic hydroxyl groups excluding tert-OH is 1. The van der Waals surface area contributed by atoms with Crippen molar-refractivity contribution in [3.8, 4) is 0 Å². The van der Waals surface area contributed by atoms with E-state index in [1.807, 2.05) is 0 Å². The monoisotopic (exact) mass is 118 g/mol. The minimum absolute atomic E-state index is 0.0456. The van der Waals surface area contributed by atoms with Crippen LogP contribution in [0.4, 0.5) is 0 Å². The third-order valence-electron chi connectivity index (χ3n) is 0.796. The van der Waals surface area contributed by atoms with Gasteiger partial charge in [0.15, 0.2) is 5.78 Å². The molecule has 0 aliphatic heterocycles. The molecule has 1 unspecified atom stereocenters. The lowest BCUT2D eigenvalue weighted by Crippen LogP contribution is -2.33. The van der Waals surface area contributed by atoms with Crippen molar-refractivity contribution in [1.29, 1.82) is 0 Å². The molecule has 0 saturated carbocycles. The van der Waals surface area contributed by atoms with E-state index < -0.39 is 11.9 Å². The number of carbonyl (C=O) groups excluding carboxylic acids is 1. The van der Waals surface area contributed by atoms with Crippen molar-refractivity contribution in [1.82, 2.24) is 0 Å². The van der Waals surface area contributed by atoms with Crippen LogP contribution in [0.15, 0.2) is 0 Å². The number of Topliss-reactive ketones (excluding diaryl/α,β-unsaturated/α-hetero) is 1. The van der Waals surface area contributed by atoms with E-state index in [0.717, 1.165) is 0 Å². The minimum atomic E-state index is -1.07. The summed E-state index contributed by atoms with van der Waals surface area (Å²) in [5.74, 6) is -0.410. The molecular formula is C4H10N2O2. The van der Waals surface area contributed by atoms with Crippen LogP contribution in [0.3, 0.4) is 0 Å². The van der Waals surface area contributed by atoms with Gasteiger partial charge in [0.1, 0.15) is 6.10 Å². The Bertz CT molecular complexity index is 84.1. The van der Waals surface area contributed by atoms with Gasteiger partial charge < -0.3 is 16.6 Å². The molecule has 0 aliphatic rings. The van der Waals surface area contributed by atoms with Crippen LogP contribution in [-0.2, 0) is 4.79 Å². The van der Waals surface area contributed by atoms with E-state index in [2.05, 4.69) is 0 Å². The Hall–Kier alpha value is -0.450. The van der Waals surface area contributed by atoms with Gasteiger partial charge in [-0.05, 0) is 0 Å². The van der Waals surface area contributed by atoms with Crippen molar-refractivity contribution in [2.75, 3.05) is 13.1 Å². The zero-order valence-corrected chi connectivity index (χ0v) is 4.50. The number of carbonyl (C=O) groups is 1. The number of nitrogens with two attached hydrogens (primary N) is 2. The Kier molecular flexibility index (Phi) is 3.34. The number of aliphatic hydroxyl groups is 1. The van der Waals surface area contributed by atoms with Gasteiger partial charge in [0.05, 0.1) is 6.54 Å². The smallest absolute Gasteiger partial charge is 0.176 e. The predicted octanol–water partition coefficient (Wildman–Crippen LogP) is -2.17. The number of ketones is 1. The van der Waals surface area contributed by atoms with Crippen molar-refractivity contribution in [3.05, 3.63) is 0 Å². The van der Waals surface area contributed by atoms with E-state index >= 15 is 0 Å². The SMILES string of the molecule is NCC(=O)C(O)CN. The second kappa shape index (κ2) is 3.54. The Balaban J connectivity index is 3.46. The standard InChI is InChI=1S/C4H10N2O2/c5-1-3(7)4(8)2-6/h3,7H,1-2,5-6H2. The molecule has 5 N–H and O–H groups in total. The summed E-state index contributed by atoms with van der Waals surface area (Å²) in [5.41, 5.74) is 9.81. The van der Waals surface area contributed by atoms with E-state index in [1.54, 1.807) is 0 Å². The first-order valence-corrected chi connectivity index (χ1v) is 2.33. The van der Waals surface area contributed by atoms with Gasteiger partial charge in [-0.15, -0.1) is 0 Å². The molecule has 0 bridgehead atoms. The summed E-state index contributed by atoms with van der Waals surface area (Å²) < 4.78 is 0. The Morgan fingerprint density at radius 3 is 2.25 bits per heavy atom. The molecule has 0 heterocycles. The summed E-state index contributed by atoms with van der Waals surface area (Å²) in [6.45, 7) is -0.186.